The number of rotatable bonds is 2. The fourth-order valence-corrected chi connectivity index (χ4v) is 4.04. The van der Waals surface area contributed by atoms with Gasteiger partial charge in [0.1, 0.15) is 5.82 Å². The van der Waals surface area contributed by atoms with E-state index in [1.54, 1.807) is 0 Å². The van der Waals surface area contributed by atoms with E-state index in [0.717, 1.165) is 31.3 Å². The molecule has 1 unspecified atom stereocenters. The summed E-state index contributed by atoms with van der Waals surface area (Å²) >= 11 is 8.07. The molecule has 0 aliphatic carbocycles. The molecule has 2 aliphatic rings. The highest BCUT2D eigenvalue weighted by molar-refractivity contribution is 7.99. The highest BCUT2D eigenvalue weighted by atomic mass is 35.5. The molecule has 3 heterocycles. The zero-order valence-electron chi connectivity index (χ0n) is 11.0. The lowest BCUT2D eigenvalue weighted by Crippen LogP contribution is -2.44. The Balaban J connectivity index is 1.88. The van der Waals surface area contributed by atoms with Crippen molar-refractivity contribution in [3.8, 4) is 0 Å². The highest BCUT2D eigenvalue weighted by Crippen LogP contribution is 2.40. The largest absolute Gasteiger partial charge is 0.377 e. The summed E-state index contributed by atoms with van der Waals surface area (Å²) in [5.74, 6) is 2.16. The Bertz CT molecular complexity index is 454. The van der Waals surface area contributed by atoms with Gasteiger partial charge in [-0.3, -0.25) is 0 Å². The van der Waals surface area contributed by atoms with Crippen molar-refractivity contribution >= 4 is 29.2 Å². The third kappa shape index (κ3) is 2.98. The molecular formula is C13H18ClN3OS. The van der Waals surface area contributed by atoms with Crippen LogP contribution >= 0.6 is 23.4 Å². The summed E-state index contributed by atoms with van der Waals surface area (Å²) in [7, 11) is 0. The Morgan fingerprint density at radius 1 is 1.47 bits per heavy atom. The predicted molar refractivity (Wildman–Crippen MR) is 79.1 cm³/mol. The van der Waals surface area contributed by atoms with Crippen LogP contribution in [-0.2, 0) is 4.74 Å². The lowest BCUT2D eigenvalue weighted by Gasteiger charge is -2.34. The molecule has 1 aromatic rings. The van der Waals surface area contributed by atoms with E-state index in [1.807, 2.05) is 11.8 Å². The Hall–Kier alpha value is -0.520. The summed E-state index contributed by atoms with van der Waals surface area (Å²) in [6, 6.07) is 2.44. The molecule has 2 saturated heterocycles. The van der Waals surface area contributed by atoms with Crippen molar-refractivity contribution in [3.63, 3.8) is 0 Å². The topological polar surface area (TPSA) is 38.2 Å². The van der Waals surface area contributed by atoms with E-state index in [-0.39, 0.29) is 0 Å². The highest BCUT2D eigenvalue weighted by Gasteiger charge is 2.24. The van der Waals surface area contributed by atoms with E-state index in [2.05, 4.69) is 27.9 Å². The van der Waals surface area contributed by atoms with Crippen LogP contribution in [-0.4, -0.2) is 41.5 Å². The van der Waals surface area contributed by atoms with E-state index < -0.39 is 0 Å². The van der Waals surface area contributed by atoms with Gasteiger partial charge in [0.2, 0.25) is 5.28 Å². The van der Waals surface area contributed by atoms with Gasteiger partial charge in [0.25, 0.3) is 0 Å². The molecule has 0 amide bonds. The first-order valence-electron chi connectivity index (χ1n) is 6.74. The SMILES string of the molecule is C[C@@H]1COCCN1c1cc(C2CCCS2)nc(Cl)n1. The lowest BCUT2D eigenvalue weighted by molar-refractivity contribution is 0.0985. The predicted octanol–water partition coefficient (Wildman–Crippen LogP) is 2.92. The molecule has 6 heteroatoms. The van der Waals surface area contributed by atoms with Gasteiger partial charge >= 0.3 is 0 Å². The molecule has 2 fully saturated rings. The van der Waals surface area contributed by atoms with Gasteiger partial charge in [-0.1, -0.05) is 0 Å². The van der Waals surface area contributed by atoms with Crippen LogP contribution in [0.2, 0.25) is 5.28 Å². The minimum Gasteiger partial charge on any atom is -0.377 e. The summed E-state index contributed by atoms with van der Waals surface area (Å²) in [5, 5.41) is 0.842. The van der Waals surface area contributed by atoms with E-state index in [9.17, 15) is 0 Å². The van der Waals surface area contributed by atoms with Crippen molar-refractivity contribution in [2.24, 2.45) is 0 Å². The van der Waals surface area contributed by atoms with Crippen molar-refractivity contribution in [1.82, 2.24) is 9.97 Å². The van der Waals surface area contributed by atoms with Crippen LogP contribution in [0.5, 0.6) is 0 Å². The zero-order chi connectivity index (χ0) is 13.2. The second-order valence-electron chi connectivity index (χ2n) is 5.04. The third-order valence-electron chi connectivity index (χ3n) is 3.63. The van der Waals surface area contributed by atoms with Crippen LogP contribution in [0.3, 0.4) is 0 Å². The fraction of sp³-hybridized carbons (Fsp3) is 0.692. The van der Waals surface area contributed by atoms with Gasteiger partial charge in [-0.05, 0) is 37.1 Å². The molecule has 0 spiro atoms. The van der Waals surface area contributed by atoms with Gasteiger partial charge in [0.05, 0.1) is 24.9 Å². The molecule has 0 saturated carbocycles. The second kappa shape index (κ2) is 5.85. The van der Waals surface area contributed by atoms with E-state index in [1.165, 1.54) is 18.6 Å². The maximum absolute atomic E-state index is 6.11. The van der Waals surface area contributed by atoms with Crippen molar-refractivity contribution < 1.29 is 4.74 Å². The average Bonchev–Trinajstić information content (AvgIpc) is 2.92. The van der Waals surface area contributed by atoms with Crippen LogP contribution in [0.15, 0.2) is 6.07 Å². The van der Waals surface area contributed by atoms with Gasteiger partial charge in [0, 0.05) is 17.9 Å². The molecule has 19 heavy (non-hydrogen) atoms. The van der Waals surface area contributed by atoms with Gasteiger partial charge in [0.15, 0.2) is 0 Å². The maximum atomic E-state index is 6.11. The Kier molecular flexibility index (Phi) is 4.15. The molecule has 104 valence electrons. The lowest BCUT2D eigenvalue weighted by atomic mass is 10.2. The van der Waals surface area contributed by atoms with E-state index in [0.29, 0.717) is 16.6 Å². The van der Waals surface area contributed by atoms with Gasteiger partial charge in [-0.15, -0.1) is 0 Å². The molecule has 0 bridgehead atoms. The summed E-state index contributed by atoms with van der Waals surface area (Å²) in [6.45, 7) is 4.51. The number of hydrogen-bond donors (Lipinski definition) is 0. The Morgan fingerprint density at radius 3 is 3.11 bits per heavy atom. The Labute approximate surface area is 122 Å². The molecule has 2 aliphatic heterocycles. The van der Waals surface area contributed by atoms with Crippen molar-refractivity contribution in [1.29, 1.82) is 0 Å². The zero-order valence-corrected chi connectivity index (χ0v) is 12.6. The standard InChI is InChI=1S/C13H18ClN3OS/c1-9-8-18-5-4-17(9)12-7-10(15-13(14)16-12)11-3-2-6-19-11/h7,9,11H,2-6,8H2,1H3/t9-,11?/m1/s1. The number of nitrogens with zero attached hydrogens (tertiary/aromatic N) is 3. The first-order valence-corrected chi connectivity index (χ1v) is 8.17. The number of anilines is 1. The fourth-order valence-electron chi connectivity index (χ4n) is 2.61. The summed E-state index contributed by atoms with van der Waals surface area (Å²) in [5.41, 5.74) is 1.08. The third-order valence-corrected chi connectivity index (χ3v) is 5.20. The van der Waals surface area contributed by atoms with Crippen LogP contribution in [0.4, 0.5) is 5.82 Å². The average molecular weight is 300 g/mol. The minimum atomic E-state index is 0.337. The maximum Gasteiger partial charge on any atom is 0.224 e. The van der Waals surface area contributed by atoms with Crippen LogP contribution in [0, 0.1) is 0 Å². The molecule has 3 rings (SSSR count). The number of morpholine rings is 1. The molecule has 0 radical (unpaired) electrons. The van der Waals surface area contributed by atoms with Gasteiger partial charge in [-0.2, -0.15) is 11.8 Å². The van der Waals surface area contributed by atoms with Gasteiger partial charge < -0.3 is 9.64 Å². The second-order valence-corrected chi connectivity index (χ2v) is 6.69. The first-order chi connectivity index (χ1) is 9.24. The smallest absolute Gasteiger partial charge is 0.224 e. The van der Waals surface area contributed by atoms with Crippen molar-refractivity contribution in [3.05, 3.63) is 17.0 Å². The quantitative estimate of drug-likeness (QED) is 0.785. The summed E-state index contributed by atoms with van der Waals surface area (Å²) in [4.78, 5) is 11.1. The van der Waals surface area contributed by atoms with Crippen molar-refractivity contribution in [2.75, 3.05) is 30.4 Å². The number of hydrogen-bond acceptors (Lipinski definition) is 5. The van der Waals surface area contributed by atoms with Crippen molar-refractivity contribution in [2.45, 2.75) is 31.1 Å². The normalized spacial score (nSPS) is 27.8. The summed E-state index contributed by atoms with van der Waals surface area (Å²) in [6.07, 6.45) is 2.45. The number of halogens is 1. The van der Waals surface area contributed by atoms with E-state index >= 15 is 0 Å². The number of ether oxygens (including phenoxy) is 1. The van der Waals surface area contributed by atoms with Crippen LogP contribution < -0.4 is 4.90 Å². The number of aromatic nitrogens is 2. The monoisotopic (exact) mass is 299 g/mol. The van der Waals surface area contributed by atoms with Crippen LogP contribution in [0.25, 0.3) is 0 Å². The molecule has 1 aromatic heterocycles. The Morgan fingerprint density at radius 2 is 2.37 bits per heavy atom. The molecule has 4 nitrogen and oxygen atoms in total. The first kappa shape index (κ1) is 13.5. The van der Waals surface area contributed by atoms with Crippen LogP contribution in [0.1, 0.15) is 30.7 Å². The molecule has 0 aromatic carbocycles. The molecule has 0 N–H and O–H groups in total. The van der Waals surface area contributed by atoms with E-state index in [4.69, 9.17) is 16.3 Å². The summed E-state index contributed by atoms with van der Waals surface area (Å²) < 4.78 is 5.47. The minimum absolute atomic E-state index is 0.337. The van der Waals surface area contributed by atoms with Gasteiger partial charge in [-0.25, -0.2) is 9.97 Å². The molecule has 2 atom stereocenters. The molecular weight excluding hydrogens is 282 g/mol. The number of thioether (sulfide) groups is 1.